The number of aromatic nitrogens is 3. The fourth-order valence-corrected chi connectivity index (χ4v) is 4.35. The van der Waals surface area contributed by atoms with Crippen molar-refractivity contribution in [3.8, 4) is 11.4 Å². The van der Waals surface area contributed by atoms with E-state index in [9.17, 15) is 14.7 Å². The van der Waals surface area contributed by atoms with Crippen LogP contribution in [0.25, 0.3) is 22.5 Å². The number of ether oxygens (including phenoxy) is 1. The van der Waals surface area contributed by atoms with Gasteiger partial charge in [0.05, 0.1) is 17.2 Å². The summed E-state index contributed by atoms with van der Waals surface area (Å²) in [6.07, 6.45) is 2.81. The van der Waals surface area contributed by atoms with Crippen molar-refractivity contribution in [2.75, 3.05) is 13.6 Å². The summed E-state index contributed by atoms with van der Waals surface area (Å²) in [6, 6.07) is 8.91. The topological polar surface area (TPSA) is 111 Å². The zero-order chi connectivity index (χ0) is 24.0. The number of aliphatic hydroxyl groups excluding tert-OH is 1. The Hall–Kier alpha value is -3.82. The number of cyclic esters (lactones) is 1. The number of hydrogen-bond acceptors (Lipinski definition) is 8. The lowest BCUT2D eigenvalue weighted by molar-refractivity contribution is 0.0535. The van der Waals surface area contributed by atoms with E-state index in [-0.39, 0.29) is 12.6 Å². The predicted molar refractivity (Wildman–Crippen MR) is 124 cm³/mol. The second-order valence-electron chi connectivity index (χ2n) is 8.62. The Bertz CT molecular complexity index is 1450. The molecule has 1 unspecified atom stereocenters. The Balaban J connectivity index is 1.27. The lowest BCUT2D eigenvalue weighted by Crippen LogP contribution is -2.25. The van der Waals surface area contributed by atoms with Gasteiger partial charge in [0.25, 0.3) is 0 Å². The summed E-state index contributed by atoms with van der Waals surface area (Å²) in [4.78, 5) is 34.4. The molecule has 0 saturated heterocycles. The summed E-state index contributed by atoms with van der Waals surface area (Å²) < 4.78 is 11.7. The first-order chi connectivity index (χ1) is 16.3. The Morgan fingerprint density at radius 2 is 1.94 bits per heavy atom. The number of aryl methyl sites for hydroxylation is 1. The number of oxazole rings is 1. The van der Waals surface area contributed by atoms with Crippen LogP contribution in [-0.4, -0.2) is 44.1 Å². The van der Waals surface area contributed by atoms with E-state index in [0.29, 0.717) is 35.6 Å². The molecule has 0 radical (unpaired) electrons. The molecule has 2 aromatic heterocycles. The third kappa shape index (κ3) is 3.89. The molecule has 0 aliphatic carbocycles. The number of esters is 1. The summed E-state index contributed by atoms with van der Waals surface area (Å²) >= 11 is 0. The first-order valence-corrected chi connectivity index (χ1v) is 10.9. The fourth-order valence-electron chi connectivity index (χ4n) is 4.35. The normalized spacial score (nSPS) is 14.0. The van der Waals surface area contributed by atoms with Gasteiger partial charge in [-0.05, 0) is 49.4 Å². The zero-order valence-electron chi connectivity index (χ0n) is 19.1. The van der Waals surface area contributed by atoms with E-state index < -0.39 is 11.9 Å². The lowest BCUT2D eigenvalue weighted by Gasteiger charge is -2.22. The average Bonchev–Trinajstić information content (AvgIpc) is 3.34. The highest BCUT2D eigenvalue weighted by molar-refractivity contribution is 5.94. The van der Waals surface area contributed by atoms with Crippen LogP contribution in [0.3, 0.4) is 0 Å². The van der Waals surface area contributed by atoms with Crippen LogP contribution < -0.4 is 5.76 Å². The molecule has 2 aromatic carbocycles. The third-order valence-electron chi connectivity index (χ3n) is 6.26. The predicted octanol–water partition coefficient (Wildman–Crippen LogP) is 2.73. The fraction of sp³-hybridized carbons (Fsp3) is 0.280. The van der Waals surface area contributed by atoms with Crippen molar-refractivity contribution in [2.45, 2.75) is 26.2 Å². The Labute approximate surface area is 195 Å². The lowest BCUT2D eigenvalue weighted by atomic mass is 9.95. The number of benzene rings is 2. The largest absolute Gasteiger partial charge is 0.457 e. The van der Waals surface area contributed by atoms with Gasteiger partial charge in [0, 0.05) is 49.2 Å². The molecular formula is C25H24N4O5. The van der Waals surface area contributed by atoms with Gasteiger partial charge in [-0.1, -0.05) is 6.07 Å². The van der Waals surface area contributed by atoms with Crippen molar-refractivity contribution >= 4 is 17.1 Å². The van der Waals surface area contributed by atoms with Crippen LogP contribution in [0, 0.1) is 6.92 Å². The van der Waals surface area contributed by atoms with Crippen molar-refractivity contribution in [2.24, 2.45) is 7.05 Å². The number of carbonyl (C=O) groups is 1. The molecular weight excluding hydrogens is 436 g/mol. The minimum atomic E-state index is -0.709. The van der Waals surface area contributed by atoms with E-state index in [1.54, 1.807) is 37.6 Å². The molecule has 0 fully saturated rings. The molecule has 5 rings (SSSR count). The smallest absolute Gasteiger partial charge is 0.419 e. The molecule has 3 heterocycles. The first-order valence-electron chi connectivity index (χ1n) is 10.9. The molecule has 34 heavy (non-hydrogen) atoms. The van der Waals surface area contributed by atoms with E-state index in [1.807, 2.05) is 31.0 Å². The molecule has 0 bridgehead atoms. The van der Waals surface area contributed by atoms with Gasteiger partial charge in [0.1, 0.15) is 6.61 Å². The second kappa shape index (κ2) is 8.51. The van der Waals surface area contributed by atoms with Gasteiger partial charge in [-0.25, -0.2) is 19.6 Å². The molecule has 1 N–H and O–H groups in total. The minimum absolute atomic E-state index is 0.254. The number of nitrogens with zero attached hydrogens (tertiary/aromatic N) is 4. The van der Waals surface area contributed by atoms with E-state index in [2.05, 4.69) is 9.97 Å². The number of carbonyl (C=O) groups excluding carboxylic acids is 1. The standard InChI is InChI=1S/C25H24N4O5/c1-14-17(5-6-18-19(14)13-33-24(18)31)21(30)12-28(2)11-15-9-26-23(27-10-15)16-4-7-22-20(8-16)29(3)25(32)34-22/h4-10,21,30H,11-13H2,1-3H3. The van der Waals surface area contributed by atoms with Crippen molar-refractivity contribution in [3.63, 3.8) is 0 Å². The van der Waals surface area contributed by atoms with E-state index in [4.69, 9.17) is 9.15 Å². The van der Waals surface area contributed by atoms with Gasteiger partial charge < -0.3 is 14.3 Å². The van der Waals surface area contributed by atoms with Crippen molar-refractivity contribution in [1.29, 1.82) is 0 Å². The number of hydrogen-bond donors (Lipinski definition) is 1. The highest BCUT2D eigenvalue weighted by atomic mass is 16.5. The molecule has 1 aliphatic heterocycles. The summed E-state index contributed by atoms with van der Waals surface area (Å²) in [5.74, 6) is -0.175. The van der Waals surface area contributed by atoms with Gasteiger partial charge in [-0.3, -0.25) is 9.47 Å². The zero-order valence-corrected chi connectivity index (χ0v) is 19.1. The number of rotatable bonds is 6. The van der Waals surface area contributed by atoms with Crippen LogP contribution in [0.15, 0.2) is 51.9 Å². The molecule has 1 aliphatic rings. The van der Waals surface area contributed by atoms with Gasteiger partial charge >= 0.3 is 11.7 Å². The highest BCUT2D eigenvalue weighted by Crippen LogP contribution is 2.29. The maximum atomic E-state index is 11.7. The SMILES string of the molecule is Cc1c(C(O)CN(C)Cc2cnc(-c3ccc4oc(=O)n(C)c4c3)nc2)ccc2c1COC2=O. The van der Waals surface area contributed by atoms with E-state index in [1.165, 1.54) is 4.57 Å². The third-order valence-corrected chi connectivity index (χ3v) is 6.26. The van der Waals surface area contributed by atoms with Crippen LogP contribution in [0.2, 0.25) is 0 Å². The summed E-state index contributed by atoms with van der Waals surface area (Å²) in [5, 5.41) is 10.8. The molecule has 0 saturated carbocycles. The van der Waals surface area contributed by atoms with Crippen molar-refractivity contribution < 1.29 is 19.1 Å². The number of likely N-dealkylation sites (N-methyl/N-ethyl adjacent to an activating group) is 1. The molecule has 9 nitrogen and oxygen atoms in total. The van der Waals surface area contributed by atoms with Gasteiger partial charge in [0.15, 0.2) is 11.4 Å². The van der Waals surface area contributed by atoms with E-state index >= 15 is 0 Å². The Morgan fingerprint density at radius 1 is 1.18 bits per heavy atom. The summed E-state index contributed by atoms with van der Waals surface area (Å²) in [7, 11) is 3.57. The molecule has 0 amide bonds. The molecule has 9 heteroatoms. The minimum Gasteiger partial charge on any atom is -0.457 e. The second-order valence-corrected chi connectivity index (χ2v) is 8.62. The average molecular weight is 460 g/mol. The van der Waals surface area contributed by atoms with Gasteiger partial charge in [0.2, 0.25) is 0 Å². The Kier molecular flexibility index (Phi) is 5.51. The van der Waals surface area contributed by atoms with Crippen molar-refractivity contribution in [3.05, 3.63) is 81.1 Å². The maximum Gasteiger partial charge on any atom is 0.419 e. The Morgan fingerprint density at radius 3 is 2.71 bits per heavy atom. The highest BCUT2D eigenvalue weighted by Gasteiger charge is 2.26. The molecule has 174 valence electrons. The molecule has 4 aromatic rings. The maximum absolute atomic E-state index is 11.7. The van der Waals surface area contributed by atoms with Crippen LogP contribution in [0.1, 0.15) is 38.7 Å². The van der Waals surface area contributed by atoms with Crippen LogP contribution in [-0.2, 0) is 24.9 Å². The quantitative estimate of drug-likeness (QED) is 0.438. The number of aliphatic hydroxyl groups is 1. The van der Waals surface area contributed by atoms with Crippen LogP contribution in [0.4, 0.5) is 0 Å². The first kappa shape index (κ1) is 22.0. The molecule has 1 atom stereocenters. The molecule has 0 spiro atoms. The number of fused-ring (bicyclic) bond motifs is 2. The van der Waals surface area contributed by atoms with Crippen molar-refractivity contribution in [1.82, 2.24) is 19.4 Å². The van der Waals surface area contributed by atoms with Gasteiger partial charge in [-0.15, -0.1) is 0 Å². The van der Waals surface area contributed by atoms with Gasteiger partial charge in [-0.2, -0.15) is 0 Å². The van der Waals surface area contributed by atoms with Crippen LogP contribution in [0.5, 0.6) is 0 Å². The van der Waals surface area contributed by atoms with Crippen LogP contribution >= 0.6 is 0 Å². The monoisotopic (exact) mass is 460 g/mol. The van der Waals surface area contributed by atoms with E-state index in [0.717, 1.165) is 27.8 Å². The summed E-state index contributed by atoms with van der Waals surface area (Å²) in [5.41, 5.74) is 6.00. The summed E-state index contributed by atoms with van der Waals surface area (Å²) in [6.45, 7) is 3.12.